The second-order valence-corrected chi connectivity index (χ2v) is 7.46. The summed E-state index contributed by atoms with van der Waals surface area (Å²) in [6.07, 6.45) is 0. The molecule has 0 aliphatic carbocycles. The van der Waals surface area contributed by atoms with E-state index >= 15 is 0 Å². The van der Waals surface area contributed by atoms with Crippen LogP contribution in [0, 0.1) is 11.6 Å². The molecule has 0 amide bonds. The van der Waals surface area contributed by atoms with Gasteiger partial charge in [-0.15, -0.1) is 0 Å². The Morgan fingerprint density at radius 2 is 2.00 bits per heavy atom. The number of rotatable bonds is 5. The van der Waals surface area contributed by atoms with Gasteiger partial charge >= 0.3 is 0 Å². The van der Waals surface area contributed by atoms with Gasteiger partial charge in [0, 0.05) is 54.8 Å². The maximum atomic E-state index is 14.0. The molecule has 1 fully saturated rings. The van der Waals surface area contributed by atoms with Crippen molar-refractivity contribution in [2.75, 3.05) is 26.2 Å². The summed E-state index contributed by atoms with van der Waals surface area (Å²) in [5.41, 5.74) is 1.50. The van der Waals surface area contributed by atoms with Gasteiger partial charge in [0.2, 0.25) is 11.7 Å². The van der Waals surface area contributed by atoms with Crippen molar-refractivity contribution in [3.05, 3.63) is 58.1 Å². The highest BCUT2D eigenvalue weighted by Gasteiger charge is 2.25. The first kappa shape index (κ1) is 18.2. The van der Waals surface area contributed by atoms with Crippen LogP contribution in [0.2, 0.25) is 0 Å². The highest BCUT2D eigenvalue weighted by Crippen LogP contribution is 2.25. The van der Waals surface area contributed by atoms with Gasteiger partial charge in [-0.3, -0.25) is 9.80 Å². The Morgan fingerprint density at radius 1 is 1.19 bits per heavy atom. The second kappa shape index (κ2) is 7.84. The summed E-state index contributed by atoms with van der Waals surface area (Å²) in [5, 5.41) is 8.01. The van der Waals surface area contributed by atoms with E-state index in [2.05, 4.69) is 19.9 Å². The second-order valence-electron chi connectivity index (χ2n) is 6.68. The molecule has 1 aliphatic heterocycles. The fourth-order valence-corrected chi connectivity index (χ4v) is 4.00. The fourth-order valence-electron chi connectivity index (χ4n) is 3.37. The van der Waals surface area contributed by atoms with E-state index in [1.165, 1.54) is 12.1 Å². The SMILES string of the molecule is CC(c1ccc(F)cc1F)N1CCN(Cc2nc(-c3ccsc3)no2)CC1. The molecule has 0 bridgehead atoms. The minimum absolute atomic E-state index is 0.0960. The lowest BCUT2D eigenvalue weighted by molar-refractivity contribution is 0.0893. The molecule has 2 aromatic heterocycles. The molecule has 0 spiro atoms. The van der Waals surface area contributed by atoms with E-state index in [1.807, 2.05) is 23.8 Å². The third-order valence-electron chi connectivity index (χ3n) is 4.97. The van der Waals surface area contributed by atoms with Crippen LogP contribution in [0.15, 0.2) is 39.5 Å². The topological polar surface area (TPSA) is 45.4 Å². The molecule has 0 N–H and O–H groups in total. The number of benzene rings is 1. The van der Waals surface area contributed by atoms with Gasteiger partial charge in [0.15, 0.2) is 0 Å². The van der Waals surface area contributed by atoms with E-state index in [1.54, 1.807) is 11.3 Å². The van der Waals surface area contributed by atoms with Crippen molar-refractivity contribution < 1.29 is 13.3 Å². The quantitative estimate of drug-likeness (QED) is 0.660. The van der Waals surface area contributed by atoms with E-state index in [-0.39, 0.29) is 6.04 Å². The van der Waals surface area contributed by atoms with Gasteiger partial charge in [0.25, 0.3) is 0 Å². The average Bonchev–Trinajstić information content (AvgIpc) is 3.33. The van der Waals surface area contributed by atoms with Crippen molar-refractivity contribution in [2.45, 2.75) is 19.5 Å². The lowest BCUT2D eigenvalue weighted by Gasteiger charge is -2.37. The molecule has 1 aromatic carbocycles. The standard InChI is InChI=1S/C19H20F2N4OS/c1-13(16-3-2-15(20)10-17(16)21)25-7-5-24(6-8-25)11-18-22-19(23-26-18)14-4-9-27-12-14/h2-4,9-10,12-13H,5-8,11H2,1H3. The highest BCUT2D eigenvalue weighted by atomic mass is 32.1. The number of aromatic nitrogens is 2. The predicted molar refractivity (Wildman–Crippen MR) is 99.2 cm³/mol. The molecule has 4 rings (SSSR count). The summed E-state index contributed by atoms with van der Waals surface area (Å²) in [6, 6.07) is 5.66. The minimum Gasteiger partial charge on any atom is -0.338 e. The molecule has 1 saturated heterocycles. The molecular weight excluding hydrogens is 370 g/mol. The Labute approximate surface area is 160 Å². The van der Waals surface area contributed by atoms with Gasteiger partial charge in [-0.2, -0.15) is 16.3 Å². The van der Waals surface area contributed by atoms with Crippen LogP contribution in [0.4, 0.5) is 8.78 Å². The van der Waals surface area contributed by atoms with Gasteiger partial charge < -0.3 is 4.52 Å². The Kier molecular flexibility index (Phi) is 5.29. The van der Waals surface area contributed by atoms with Crippen LogP contribution < -0.4 is 0 Å². The zero-order chi connectivity index (χ0) is 18.8. The smallest absolute Gasteiger partial charge is 0.241 e. The number of halogens is 2. The first-order valence-corrected chi connectivity index (χ1v) is 9.81. The van der Waals surface area contributed by atoms with Crippen LogP contribution in [0.1, 0.15) is 24.4 Å². The normalized spacial score (nSPS) is 17.3. The third kappa shape index (κ3) is 4.07. The first-order valence-electron chi connectivity index (χ1n) is 8.86. The van der Waals surface area contributed by atoms with Crippen LogP contribution in [0.5, 0.6) is 0 Å². The fraction of sp³-hybridized carbons (Fsp3) is 0.368. The molecule has 3 heterocycles. The molecule has 1 unspecified atom stereocenters. The maximum Gasteiger partial charge on any atom is 0.241 e. The Morgan fingerprint density at radius 3 is 2.70 bits per heavy atom. The predicted octanol–water partition coefficient (Wildman–Crippen LogP) is 3.96. The summed E-state index contributed by atoms with van der Waals surface area (Å²) < 4.78 is 32.5. The molecule has 8 heteroatoms. The van der Waals surface area contributed by atoms with Crippen molar-refractivity contribution in [1.29, 1.82) is 0 Å². The number of piperazine rings is 1. The van der Waals surface area contributed by atoms with Gasteiger partial charge in [-0.25, -0.2) is 8.78 Å². The van der Waals surface area contributed by atoms with Crippen molar-refractivity contribution >= 4 is 11.3 Å². The molecule has 5 nitrogen and oxygen atoms in total. The van der Waals surface area contributed by atoms with Crippen LogP contribution in [0.25, 0.3) is 11.4 Å². The van der Waals surface area contributed by atoms with Crippen LogP contribution in [-0.2, 0) is 6.54 Å². The van der Waals surface area contributed by atoms with E-state index in [0.29, 0.717) is 23.8 Å². The number of thiophene rings is 1. The van der Waals surface area contributed by atoms with E-state index in [4.69, 9.17) is 4.52 Å². The van der Waals surface area contributed by atoms with Gasteiger partial charge in [0.1, 0.15) is 11.6 Å². The largest absolute Gasteiger partial charge is 0.338 e. The zero-order valence-electron chi connectivity index (χ0n) is 14.9. The molecule has 0 radical (unpaired) electrons. The number of nitrogens with zero attached hydrogens (tertiary/aromatic N) is 4. The van der Waals surface area contributed by atoms with Gasteiger partial charge in [0.05, 0.1) is 6.54 Å². The molecular formula is C19H20F2N4OS. The molecule has 1 aliphatic rings. The zero-order valence-corrected chi connectivity index (χ0v) is 15.8. The molecule has 1 atom stereocenters. The maximum absolute atomic E-state index is 14.0. The van der Waals surface area contributed by atoms with Crippen LogP contribution >= 0.6 is 11.3 Å². The Balaban J connectivity index is 1.33. The van der Waals surface area contributed by atoms with Crippen molar-refractivity contribution in [1.82, 2.24) is 19.9 Å². The van der Waals surface area contributed by atoms with E-state index in [9.17, 15) is 8.78 Å². The van der Waals surface area contributed by atoms with E-state index in [0.717, 1.165) is 37.8 Å². The summed E-state index contributed by atoms with van der Waals surface area (Å²) >= 11 is 1.60. The first-order chi connectivity index (χ1) is 13.1. The molecule has 142 valence electrons. The Hall–Kier alpha value is -2.16. The summed E-state index contributed by atoms with van der Waals surface area (Å²) in [5.74, 6) is 0.180. The summed E-state index contributed by atoms with van der Waals surface area (Å²) in [4.78, 5) is 8.91. The molecule has 27 heavy (non-hydrogen) atoms. The van der Waals surface area contributed by atoms with Crippen molar-refractivity contribution in [3.63, 3.8) is 0 Å². The molecule has 3 aromatic rings. The third-order valence-corrected chi connectivity index (χ3v) is 5.66. The van der Waals surface area contributed by atoms with E-state index < -0.39 is 11.6 Å². The summed E-state index contributed by atoms with van der Waals surface area (Å²) in [6.45, 7) is 5.79. The van der Waals surface area contributed by atoms with Gasteiger partial charge in [-0.1, -0.05) is 11.2 Å². The lowest BCUT2D eigenvalue weighted by atomic mass is 10.1. The van der Waals surface area contributed by atoms with Gasteiger partial charge in [-0.05, 0) is 24.4 Å². The average molecular weight is 390 g/mol. The minimum atomic E-state index is -0.547. The van der Waals surface area contributed by atoms with Crippen LogP contribution in [0.3, 0.4) is 0 Å². The lowest BCUT2D eigenvalue weighted by Crippen LogP contribution is -2.46. The highest BCUT2D eigenvalue weighted by molar-refractivity contribution is 7.08. The number of hydrogen-bond donors (Lipinski definition) is 0. The van der Waals surface area contributed by atoms with Crippen molar-refractivity contribution in [2.24, 2.45) is 0 Å². The monoisotopic (exact) mass is 390 g/mol. The Bertz CT molecular complexity index is 891. The summed E-state index contributed by atoms with van der Waals surface area (Å²) in [7, 11) is 0. The number of hydrogen-bond acceptors (Lipinski definition) is 6. The van der Waals surface area contributed by atoms with Crippen molar-refractivity contribution in [3.8, 4) is 11.4 Å². The molecule has 0 saturated carbocycles. The van der Waals surface area contributed by atoms with Crippen LogP contribution in [-0.4, -0.2) is 46.1 Å².